The van der Waals surface area contributed by atoms with E-state index in [4.69, 9.17) is 0 Å². The van der Waals surface area contributed by atoms with Crippen molar-refractivity contribution in [2.75, 3.05) is 26.7 Å². The lowest BCUT2D eigenvalue weighted by Gasteiger charge is -2.15. The summed E-state index contributed by atoms with van der Waals surface area (Å²) >= 11 is 1.40. The number of carbonyl (C=O) groups is 1. The maximum atomic E-state index is 12.8. The number of benzene rings is 1. The molecule has 6 heteroatoms. The van der Waals surface area contributed by atoms with Gasteiger partial charge in [-0.05, 0) is 39.1 Å². The Morgan fingerprint density at radius 2 is 1.96 bits per heavy atom. The Hall–Kier alpha value is -2.18. The maximum Gasteiger partial charge on any atom is 0.261 e. The zero-order valence-electron chi connectivity index (χ0n) is 16.2. The molecule has 0 saturated carbocycles. The molecule has 0 unspecified atom stereocenters. The number of hydrogen-bond acceptors (Lipinski definition) is 4. The van der Waals surface area contributed by atoms with Gasteiger partial charge < -0.3 is 14.8 Å². The molecule has 0 aliphatic carbocycles. The van der Waals surface area contributed by atoms with Crippen LogP contribution in [0.25, 0.3) is 21.0 Å². The highest BCUT2D eigenvalue weighted by Gasteiger charge is 2.16. The van der Waals surface area contributed by atoms with Gasteiger partial charge in [-0.2, -0.15) is 0 Å². The Morgan fingerprint density at radius 3 is 2.70 bits per heavy atom. The molecule has 0 spiro atoms. The summed E-state index contributed by atoms with van der Waals surface area (Å²) in [6.07, 6.45) is 2.33. The number of carbonyl (C=O) groups excluding carboxylic acids is 1. The molecule has 0 atom stereocenters. The first kappa shape index (κ1) is 19.6. The van der Waals surface area contributed by atoms with Crippen LogP contribution in [0.4, 0.5) is 0 Å². The molecule has 27 heavy (non-hydrogen) atoms. The zero-order valence-corrected chi connectivity index (χ0v) is 17.1. The molecule has 3 rings (SSSR count). The molecule has 2 aromatic heterocycles. The van der Waals surface area contributed by atoms with Crippen molar-refractivity contribution in [3.05, 3.63) is 45.6 Å². The number of fused-ring (bicyclic) bond motifs is 3. The molecule has 2 heterocycles. The van der Waals surface area contributed by atoms with Gasteiger partial charge in [-0.1, -0.05) is 31.5 Å². The first-order valence-corrected chi connectivity index (χ1v) is 10.4. The van der Waals surface area contributed by atoms with Gasteiger partial charge in [0.15, 0.2) is 0 Å². The monoisotopic (exact) mass is 385 g/mol. The minimum Gasteiger partial charge on any atom is -0.350 e. The van der Waals surface area contributed by atoms with Crippen molar-refractivity contribution >= 4 is 38.2 Å². The van der Waals surface area contributed by atoms with Gasteiger partial charge in [0.2, 0.25) is 0 Å². The highest BCUT2D eigenvalue weighted by molar-refractivity contribution is 7.21. The smallest absolute Gasteiger partial charge is 0.261 e. The van der Waals surface area contributed by atoms with Gasteiger partial charge in [0.25, 0.3) is 11.5 Å². The van der Waals surface area contributed by atoms with Crippen LogP contribution in [0.15, 0.2) is 35.1 Å². The highest BCUT2D eigenvalue weighted by Crippen LogP contribution is 2.30. The van der Waals surface area contributed by atoms with Crippen molar-refractivity contribution in [1.29, 1.82) is 0 Å². The minimum absolute atomic E-state index is 0.0270. The molecule has 144 valence electrons. The van der Waals surface area contributed by atoms with E-state index in [1.165, 1.54) is 17.8 Å². The molecule has 0 aliphatic rings. The van der Waals surface area contributed by atoms with Crippen LogP contribution in [0.1, 0.15) is 36.4 Å². The topological polar surface area (TPSA) is 54.3 Å². The second-order valence-electron chi connectivity index (χ2n) is 6.83. The van der Waals surface area contributed by atoms with Crippen LogP contribution in [0.5, 0.6) is 0 Å². The summed E-state index contributed by atoms with van der Waals surface area (Å²) in [5.41, 5.74) is 0.893. The third-order valence-corrected chi connectivity index (χ3v) is 6.03. The van der Waals surface area contributed by atoms with E-state index in [-0.39, 0.29) is 11.5 Å². The van der Waals surface area contributed by atoms with Gasteiger partial charge in [-0.15, -0.1) is 11.3 Å². The maximum absolute atomic E-state index is 12.8. The fourth-order valence-electron chi connectivity index (χ4n) is 3.32. The van der Waals surface area contributed by atoms with Gasteiger partial charge in [0.05, 0.1) is 15.8 Å². The van der Waals surface area contributed by atoms with Gasteiger partial charge in [-0.3, -0.25) is 9.59 Å². The minimum atomic E-state index is -0.105. The van der Waals surface area contributed by atoms with E-state index in [0.29, 0.717) is 23.4 Å². The van der Waals surface area contributed by atoms with Crippen molar-refractivity contribution in [1.82, 2.24) is 14.8 Å². The van der Waals surface area contributed by atoms with E-state index in [0.717, 1.165) is 35.1 Å². The number of nitrogens with zero attached hydrogens (tertiary/aromatic N) is 2. The predicted molar refractivity (Wildman–Crippen MR) is 114 cm³/mol. The van der Waals surface area contributed by atoms with E-state index in [1.54, 1.807) is 10.6 Å². The Morgan fingerprint density at radius 1 is 1.19 bits per heavy atom. The molecule has 0 saturated heterocycles. The summed E-state index contributed by atoms with van der Waals surface area (Å²) in [4.78, 5) is 28.2. The van der Waals surface area contributed by atoms with Gasteiger partial charge in [0, 0.05) is 29.7 Å². The van der Waals surface area contributed by atoms with Gasteiger partial charge in [0.1, 0.15) is 0 Å². The van der Waals surface area contributed by atoms with Crippen LogP contribution in [0.3, 0.4) is 0 Å². The van der Waals surface area contributed by atoms with Crippen molar-refractivity contribution in [2.24, 2.45) is 0 Å². The molecule has 0 aliphatic heterocycles. The first-order valence-electron chi connectivity index (χ1n) is 9.58. The summed E-state index contributed by atoms with van der Waals surface area (Å²) in [6, 6.07) is 9.64. The highest BCUT2D eigenvalue weighted by atomic mass is 32.1. The molecule has 0 radical (unpaired) electrons. The third-order valence-electron chi connectivity index (χ3n) is 4.86. The Kier molecular flexibility index (Phi) is 6.29. The lowest BCUT2D eigenvalue weighted by Crippen LogP contribution is -2.33. The molecule has 3 aromatic rings. The Balaban J connectivity index is 1.84. The van der Waals surface area contributed by atoms with E-state index >= 15 is 0 Å². The SMILES string of the molecule is CCCCN(C)CCNC(=O)c1cc2c(=O)n(CC)c3ccccc3c2s1. The van der Waals surface area contributed by atoms with E-state index < -0.39 is 0 Å². The first-order chi connectivity index (χ1) is 13.1. The largest absolute Gasteiger partial charge is 0.350 e. The van der Waals surface area contributed by atoms with Crippen LogP contribution in [-0.4, -0.2) is 42.1 Å². The van der Waals surface area contributed by atoms with E-state index in [9.17, 15) is 9.59 Å². The van der Waals surface area contributed by atoms with Crippen molar-refractivity contribution in [3.8, 4) is 0 Å². The van der Waals surface area contributed by atoms with Crippen LogP contribution < -0.4 is 10.9 Å². The Bertz CT molecular complexity index is 1010. The standard InChI is InChI=1S/C21H27N3O2S/c1-4-6-12-23(3)13-11-22-20(25)18-14-16-19(27-18)15-9-7-8-10-17(15)24(5-2)21(16)26/h7-10,14H,4-6,11-13H2,1-3H3,(H,22,25). The predicted octanol–water partition coefficient (Wildman–Crippen LogP) is 3.70. The number of para-hydroxylation sites is 1. The number of hydrogen-bond donors (Lipinski definition) is 1. The van der Waals surface area contributed by atoms with E-state index in [1.807, 2.05) is 31.2 Å². The fourth-order valence-corrected chi connectivity index (χ4v) is 4.42. The van der Waals surface area contributed by atoms with Crippen LogP contribution in [-0.2, 0) is 6.54 Å². The number of aryl methyl sites for hydroxylation is 1. The molecule has 5 nitrogen and oxygen atoms in total. The molecule has 1 N–H and O–H groups in total. The molecular weight excluding hydrogens is 358 g/mol. The lowest BCUT2D eigenvalue weighted by atomic mass is 10.1. The van der Waals surface area contributed by atoms with Crippen molar-refractivity contribution in [3.63, 3.8) is 0 Å². The number of likely N-dealkylation sites (N-methyl/N-ethyl adjacent to an activating group) is 1. The second kappa shape index (κ2) is 8.67. The average molecular weight is 386 g/mol. The molecule has 0 bridgehead atoms. The summed E-state index contributed by atoms with van der Waals surface area (Å²) < 4.78 is 2.67. The van der Waals surface area contributed by atoms with Crippen LogP contribution in [0.2, 0.25) is 0 Å². The van der Waals surface area contributed by atoms with Gasteiger partial charge >= 0.3 is 0 Å². The quantitative estimate of drug-likeness (QED) is 0.643. The lowest BCUT2D eigenvalue weighted by molar-refractivity contribution is 0.0954. The summed E-state index contributed by atoms with van der Waals surface area (Å²) in [5.74, 6) is -0.105. The summed E-state index contributed by atoms with van der Waals surface area (Å²) in [7, 11) is 2.07. The molecular formula is C21H27N3O2S. The fraction of sp³-hybridized carbons (Fsp3) is 0.429. The third kappa shape index (κ3) is 4.06. The normalized spacial score (nSPS) is 11.6. The van der Waals surface area contributed by atoms with E-state index in [2.05, 4.69) is 24.2 Å². The molecule has 1 aromatic carbocycles. The average Bonchev–Trinajstić information content (AvgIpc) is 3.13. The number of amides is 1. The van der Waals surface area contributed by atoms with Crippen molar-refractivity contribution < 1.29 is 4.79 Å². The second-order valence-corrected chi connectivity index (χ2v) is 7.88. The number of unbranched alkanes of at least 4 members (excludes halogenated alkanes) is 1. The molecule has 1 amide bonds. The van der Waals surface area contributed by atoms with Crippen molar-refractivity contribution in [2.45, 2.75) is 33.2 Å². The zero-order chi connectivity index (χ0) is 19.4. The van der Waals surface area contributed by atoms with Crippen LogP contribution in [0, 0.1) is 0 Å². The number of aromatic nitrogens is 1. The number of thiophene rings is 1. The number of rotatable bonds is 8. The molecule has 0 fully saturated rings. The summed E-state index contributed by atoms with van der Waals surface area (Å²) in [6.45, 7) is 7.21. The van der Waals surface area contributed by atoms with Gasteiger partial charge in [-0.25, -0.2) is 0 Å². The van der Waals surface area contributed by atoms with Crippen LogP contribution >= 0.6 is 11.3 Å². The summed E-state index contributed by atoms with van der Waals surface area (Å²) in [5, 5.41) is 4.64. The Labute approximate surface area is 163 Å². The number of pyridine rings is 1. The number of nitrogens with one attached hydrogen (secondary N) is 1.